The number of fused-ring (bicyclic) bond motifs is 11. The fourth-order valence-corrected chi connectivity index (χ4v) is 13.1. The summed E-state index contributed by atoms with van der Waals surface area (Å²) in [6.45, 7) is 0. The van der Waals surface area contributed by atoms with Crippen LogP contribution in [0.25, 0.3) is 43.1 Å². The summed E-state index contributed by atoms with van der Waals surface area (Å²) in [6, 6.07) is 41.3. The molecule has 6 aromatic carbocycles. The summed E-state index contributed by atoms with van der Waals surface area (Å²) >= 11 is 3.92. The Balaban J connectivity index is 1.03. The molecule has 0 amide bonds. The second-order valence-electron chi connectivity index (χ2n) is 16.8. The van der Waals surface area contributed by atoms with Crippen LogP contribution < -0.4 is 4.90 Å². The average molecular weight is 796 g/mol. The van der Waals surface area contributed by atoms with Gasteiger partial charge in [0.05, 0.1) is 5.69 Å². The molecule has 286 valence electrons. The minimum atomic E-state index is 0.352. The van der Waals surface area contributed by atoms with E-state index in [1.54, 1.807) is 11.1 Å². The maximum atomic E-state index is 2.64. The lowest BCUT2D eigenvalue weighted by Crippen LogP contribution is -2.18. The van der Waals surface area contributed by atoms with Crippen LogP contribution in [0, 0.1) is 5.92 Å². The van der Waals surface area contributed by atoms with Crippen molar-refractivity contribution in [3.8, 4) is 0 Å². The highest BCUT2D eigenvalue weighted by molar-refractivity contribution is 8.00. The van der Waals surface area contributed by atoms with Gasteiger partial charge in [0, 0.05) is 53.5 Å². The van der Waals surface area contributed by atoms with E-state index in [0.717, 1.165) is 44.9 Å². The van der Waals surface area contributed by atoms with Gasteiger partial charge in [-0.3, -0.25) is 0 Å². The number of rotatable bonds is 7. The van der Waals surface area contributed by atoms with E-state index < -0.39 is 0 Å². The highest BCUT2D eigenvalue weighted by Crippen LogP contribution is 2.51. The number of allylic oxidation sites excluding steroid dienone is 9. The summed E-state index contributed by atoms with van der Waals surface area (Å²) < 4.78 is 2.68. The molecule has 5 aliphatic rings. The van der Waals surface area contributed by atoms with Crippen molar-refractivity contribution in [1.29, 1.82) is 0 Å². The van der Waals surface area contributed by atoms with Crippen LogP contribution in [0.15, 0.2) is 174 Å². The van der Waals surface area contributed by atoms with Crippen molar-refractivity contribution >= 4 is 83.3 Å². The van der Waals surface area contributed by atoms with Gasteiger partial charge in [-0.1, -0.05) is 127 Å². The van der Waals surface area contributed by atoms with Crippen molar-refractivity contribution in [2.75, 3.05) is 4.90 Å². The summed E-state index contributed by atoms with van der Waals surface area (Å²) in [5, 5.41) is 5.93. The van der Waals surface area contributed by atoms with Crippen molar-refractivity contribution in [3.63, 3.8) is 0 Å². The number of benzene rings is 6. The van der Waals surface area contributed by atoms with Crippen molar-refractivity contribution in [3.05, 3.63) is 202 Å². The molecule has 0 saturated carbocycles. The van der Waals surface area contributed by atoms with Crippen LogP contribution in [0.4, 0.5) is 17.1 Å². The van der Waals surface area contributed by atoms with Gasteiger partial charge in [0.25, 0.3) is 0 Å². The van der Waals surface area contributed by atoms with Gasteiger partial charge in [-0.25, -0.2) is 0 Å². The van der Waals surface area contributed by atoms with Crippen molar-refractivity contribution < 1.29 is 0 Å². The summed E-state index contributed by atoms with van der Waals surface area (Å²) in [4.78, 5) is 3.99. The lowest BCUT2D eigenvalue weighted by Gasteiger charge is -2.32. The van der Waals surface area contributed by atoms with Crippen molar-refractivity contribution in [2.24, 2.45) is 5.92 Å². The van der Waals surface area contributed by atoms with E-state index in [0.29, 0.717) is 17.1 Å². The molecule has 0 bridgehead atoms. The molecule has 0 saturated heterocycles. The number of anilines is 3. The maximum Gasteiger partial charge on any atom is 0.0506 e. The molecular formula is C56H45NS2. The third kappa shape index (κ3) is 6.04. The van der Waals surface area contributed by atoms with E-state index in [4.69, 9.17) is 0 Å². The highest BCUT2D eigenvalue weighted by Gasteiger charge is 2.34. The summed E-state index contributed by atoms with van der Waals surface area (Å²) in [5.74, 6) is 0.791. The largest absolute Gasteiger partial charge is 0.310 e. The molecule has 1 aromatic heterocycles. The van der Waals surface area contributed by atoms with Gasteiger partial charge in [0.2, 0.25) is 0 Å². The Morgan fingerprint density at radius 2 is 1.39 bits per heavy atom. The van der Waals surface area contributed by atoms with Gasteiger partial charge in [-0.15, -0.1) is 23.1 Å². The van der Waals surface area contributed by atoms with Crippen LogP contribution >= 0.6 is 23.1 Å². The number of para-hydroxylation sites is 1. The summed E-state index contributed by atoms with van der Waals surface area (Å²) in [7, 11) is 0. The first-order chi connectivity index (χ1) is 29.2. The van der Waals surface area contributed by atoms with Crippen LogP contribution in [0.1, 0.15) is 65.0 Å². The van der Waals surface area contributed by atoms with Gasteiger partial charge < -0.3 is 4.90 Å². The first-order valence-electron chi connectivity index (χ1n) is 21.5. The molecule has 4 aliphatic carbocycles. The Kier molecular flexibility index (Phi) is 8.74. The molecular weight excluding hydrogens is 751 g/mol. The van der Waals surface area contributed by atoms with Crippen molar-refractivity contribution in [2.45, 2.75) is 61.0 Å². The van der Waals surface area contributed by atoms with Crippen LogP contribution in [0.5, 0.6) is 0 Å². The lowest BCUT2D eigenvalue weighted by atomic mass is 9.75. The summed E-state index contributed by atoms with van der Waals surface area (Å²) in [6.07, 6.45) is 32.0. The molecule has 3 unspecified atom stereocenters. The topological polar surface area (TPSA) is 3.24 Å². The van der Waals surface area contributed by atoms with E-state index in [9.17, 15) is 0 Å². The molecule has 0 N–H and O–H groups in total. The first-order valence-corrected chi connectivity index (χ1v) is 23.2. The molecule has 2 heterocycles. The third-order valence-electron chi connectivity index (χ3n) is 13.4. The predicted molar refractivity (Wildman–Crippen MR) is 256 cm³/mol. The van der Waals surface area contributed by atoms with E-state index in [2.05, 4.69) is 175 Å². The minimum absolute atomic E-state index is 0.352. The number of nitrogens with zero attached hydrogens (tertiary/aromatic N) is 1. The smallest absolute Gasteiger partial charge is 0.0506 e. The Labute approximate surface area is 355 Å². The van der Waals surface area contributed by atoms with E-state index in [-0.39, 0.29) is 0 Å². The summed E-state index contributed by atoms with van der Waals surface area (Å²) in [5.41, 5.74) is 15.6. The Hall–Kier alpha value is -5.61. The number of thiophene rings is 1. The molecule has 0 spiro atoms. The predicted octanol–water partition coefficient (Wildman–Crippen LogP) is 15.8. The molecule has 3 atom stereocenters. The Morgan fingerprint density at radius 1 is 0.627 bits per heavy atom. The zero-order valence-electron chi connectivity index (χ0n) is 33.1. The SMILES string of the molecule is C1=CCCC(C(Cc2cc3c4c(c(N(c5ccccc5)c5ccc6sc7ccccc7c6c5)cc3c3c2CCC=C3)CCC=C4)C2=CC3c4ccccc4SC3C=C2)=C1. The molecule has 59 heavy (non-hydrogen) atoms. The normalized spacial score (nSPS) is 19.3. The van der Waals surface area contributed by atoms with Crippen molar-refractivity contribution in [1.82, 2.24) is 0 Å². The number of hydrogen-bond donors (Lipinski definition) is 0. The first kappa shape index (κ1) is 35.3. The zero-order valence-corrected chi connectivity index (χ0v) is 34.7. The zero-order chi connectivity index (χ0) is 38.9. The average Bonchev–Trinajstić information content (AvgIpc) is 3.87. The molecule has 1 nitrogen and oxygen atoms in total. The quantitative estimate of drug-likeness (QED) is 0.158. The monoisotopic (exact) mass is 795 g/mol. The molecule has 3 heteroatoms. The fourth-order valence-electron chi connectivity index (χ4n) is 10.7. The highest BCUT2D eigenvalue weighted by atomic mass is 32.2. The van der Waals surface area contributed by atoms with Crippen LogP contribution in [0.3, 0.4) is 0 Å². The fraction of sp³-hybridized carbons (Fsp3) is 0.179. The van der Waals surface area contributed by atoms with Crippen LogP contribution in [-0.4, -0.2) is 5.25 Å². The van der Waals surface area contributed by atoms with E-state index in [1.165, 1.54) is 86.3 Å². The molecule has 0 fully saturated rings. The minimum Gasteiger partial charge on any atom is -0.310 e. The van der Waals surface area contributed by atoms with Crippen LogP contribution in [-0.2, 0) is 19.3 Å². The third-order valence-corrected chi connectivity index (χ3v) is 15.9. The molecule has 12 rings (SSSR count). The second kappa shape index (κ2) is 14.6. The van der Waals surface area contributed by atoms with E-state index >= 15 is 0 Å². The molecule has 1 aliphatic heterocycles. The number of thioether (sulfide) groups is 1. The maximum absolute atomic E-state index is 2.64. The van der Waals surface area contributed by atoms with Crippen LogP contribution in [0.2, 0.25) is 0 Å². The van der Waals surface area contributed by atoms with Gasteiger partial charge >= 0.3 is 0 Å². The number of hydrogen-bond acceptors (Lipinski definition) is 3. The standard InChI is InChI=1S/C56H45NS2/c1-3-15-36(16-4-1)47(37-27-29-55-50(31-37)45-23-11-13-25-53(45)58-55)32-38-33-48-43-21-9-10-22-44(43)52(35-49(48)42-20-8-7-19-41(38)42)57(39-17-5-2-6-18-39)40-28-30-56-51(34-40)46-24-12-14-26-54(46)59-56/h1-3,5-6,8-9,11-15,17-18,20-21,23-31,33-35,47,50,55H,4,7,10,16,19,22,32H2. The van der Waals surface area contributed by atoms with Gasteiger partial charge in [-0.05, 0) is 143 Å². The van der Waals surface area contributed by atoms with Gasteiger partial charge in [-0.2, -0.15) is 0 Å². The Morgan fingerprint density at radius 3 is 2.27 bits per heavy atom. The van der Waals surface area contributed by atoms with Gasteiger partial charge in [0.15, 0.2) is 0 Å². The van der Waals surface area contributed by atoms with Gasteiger partial charge in [0.1, 0.15) is 0 Å². The van der Waals surface area contributed by atoms with E-state index in [1.807, 2.05) is 23.1 Å². The Bertz CT molecular complexity index is 3020. The lowest BCUT2D eigenvalue weighted by molar-refractivity contribution is 0.661. The molecule has 0 radical (unpaired) electrons. The second-order valence-corrected chi connectivity index (χ2v) is 19.1. The molecule has 7 aromatic rings.